The van der Waals surface area contributed by atoms with Gasteiger partial charge in [0, 0.05) is 17.1 Å². The average molecular weight is 372 g/mol. The highest BCUT2D eigenvalue weighted by molar-refractivity contribution is 7.13. The maximum absolute atomic E-state index is 14.0. The molecule has 0 radical (unpaired) electrons. The highest BCUT2D eigenvalue weighted by Gasteiger charge is 2.17. The van der Waals surface area contributed by atoms with Gasteiger partial charge in [-0.25, -0.2) is 24.0 Å². The molecule has 4 rings (SSSR count). The predicted molar refractivity (Wildman–Crippen MR) is 94.9 cm³/mol. The van der Waals surface area contributed by atoms with Crippen molar-refractivity contribution in [2.45, 2.75) is 6.54 Å². The summed E-state index contributed by atoms with van der Waals surface area (Å²) < 4.78 is 15.7. The molecule has 0 fully saturated rings. The Balaban J connectivity index is 1.82. The van der Waals surface area contributed by atoms with Crippen molar-refractivity contribution >= 4 is 22.9 Å². The smallest absolute Gasteiger partial charge is 0.210 e. The van der Waals surface area contributed by atoms with E-state index in [4.69, 9.17) is 11.6 Å². The van der Waals surface area contributed by atoms with E-state index in [2.05, 4.69) is 20.1 Å². The molecule has 0 spiro atoms. The van der Waals surface area contributed by atoms with Crippen molar-refractivity contribution < 1.29 is 4.39 Å². The Bertz CT molecular complexity index is 1020. The Labute approximate surface area is 151 Å². The Morgan fingerprint density at radius 1 is 1.08 bits per heavy atom. The van der Waals surface area contributed by atoms with Gasteiger partial charge >= 0.3 is 0 Å². The van der Waals surface area contributed by atoms with E-state index in [0.717, 1.165) is 0 Å². The number of benzene rings is 1. The molecule has 0 atom stereocenters. The van der Waals surface area contributed by atoms with Crippen LogP contribution in [-0.2, 0) is 6.54 Å². The van der Waals surface area contributed by atoms with Crippen molar-refractivity contribution in [2.75, 3.05) is 0 Å². The number of hydrogen-bond acceptors (Lipinski definition) is 5. The molecule has 4 aromatic rings. The van der Waals surface area contributed by atoms with Crippen LogP contribution >= 0.6 is 22.9 Å². The van der Waals surface area contributed by atoms with Crippen molar-refractivity contribution in [3.8, 4) is 22.4 Å². The van der Waals surface area contributed by atoms with Crippen LogP contribution in [0, 0.1) is 5.82 Å². The fourth-order valence-electron chi connectivity index (χ4n) is 2.39. The van der Waals surface area contributed by atoms with Gasteiger partial charge < -0.3 is 0 Å². The summed E-state index contributed by atoms with van der Waals surface area (Å²) in [4.78, 5) is 13.1. The normalized spacial score (nSPS) is 11.0. The van der Waals surface area contributed by atoms with Gasteiger partial charge in [0.05, 0.1) is 6.54 Å². The van der Waals surface area contributed by atoms with E-state index in [1.807, 2.05) is 5.38 Å². The Hall–Kier alpha value is -2.64. The number of nitrogens with zero attached hydrogens (tertiary/aromatic N) is 5. The minimum absolute atomic E-state index is 0.231. The molecular formula is C17H11ClFN5S. The zero-order valence-electron chi connectivity index (χ0n) is 12.8. The summed E-state index contributed by atoms with van der Waals surface area (Å²) in [6.45, 7) is 0.231. The molecule has 3 aromatic heterocycles. The molecule has 124 valence electrons. The molecule has 0 saturated carbocycles. The van der Waals surface area contributed by atoms with E-state index in [0.29, 0.717) is 33.1 Å². The molecule has 8 heteroatoms. The fourth-order valence-corrected chi connectivity index (χ4v) is 3.12. The summed E-state index contributed by atoms with van der Waals surface area (Å²) in [6, 6.07) is 11.8. The van der Waals surface area contributed by atoms with Crippen LogP contribution in [0.1, 0.15) is 5.56 Å². The molecule has 0 bridgehead atoms. The highest BCUT2D eigenvalue weighted by Crippen LogP contribution is 2.24. The summed E-state index contributed by atoms with van der Waals surface area (Å²) in [5.41, 5.74) is 1.08. The van der Waals surface area contributed by atoms with E-state index >= 15 is 0 Å². The molecule has 0 aliphatic carbocycles. The largest absolute Gasteiger partial charge is 0.241 e. The second kappa shape index (κ2) is 6.70. The molecule has 0 amide bonds. The lowest BCUT2D eigenvalue weighted by molar-refractivity contribution is 0.587. The SMILES string of the molecule is Fc1ccccc1Cn1nc(-c2nccs2)nc1-c1cccc(Cl)n1. The van der Waals surface area contributed by atoms with E-state index in [1.165, 1.54) is 17.4 Å². The van der Waals surface area contributed by atoms with Crippen molar-refractivity contribution in [3.63, 3.8) is 0 Å². The van der Waals surface area contributed by atoms with Crippen LogP contribution < -0.4 is 0 Å². The molecule has 0 saturated heterocycles. The third-order valence-corrected chi connectivity index (χ3v) is 4.50. The van der Waals surface area contributed by atoms with Gasteiger partial charge in [0.25, 0.3) is 0 Å². The second-order valence-corrected chi connectivity index (χ2v) is 6.47. The van der Waals surface area contributed by atoms with E-state index in [-0.39, 0.29) is 12.4 Å². The molecule has 0 aliphatic heterocycles. The maximum Gasteiger partial charge on any atom is 0.210 e. The Morgan fingerprint density at radius 2 is 1.96 bits per heavy atom. The second-order valence-electron chi connectivity index (χ2n) is 5.19. The maximum atomic E-state index is 14.0. The van der Waals surface area contributed by atoms with Gasteiger partial charge in [0.15, 0.2) is 10.8 Å². The van der Waals surface area contributed by atoms with Crippen LogP contribution in [0.4, 0.5) is 4.39 Å². The summed E-state index contributed by atoms with van der Waals surface area (Å²) in [5.74, 6) is 0.692. The first-order valence-electron chi connectivity index (χ1n) is 7.42. The molecule has 0 N–H and O–H groups in total. The molecule has 0 unspecified atom stereocenters. The Kier molecular flexibility index (Phi) is 4.25. The highest BCUT2D eigenvalue weighted by atomic mass is 35.5. The number of pyridine rings is 1. The first-order valence-corrected chi connectivity index (χ1v) is 8.67. The number of rotatable bonds is 4. The van der Waals surface area contributed by atoms with Crippen LogP contribution in [0.2, 0.25) is 5.15 Å². The van der Waals surface area contributed by atoms with E-state index in [1.54, 1.807) is 47.3 Å². The van der Waals surface area contributed by atoms with E-state index < -0.39 is 0 Å². The van der Waals surface area contributed by atoms with Crippen molar-refractivity contribution in [1.82, 2.24) is 24.7 Å². The van der Waals surface area contributed by atoms with Crippen molar-refractivity contribution in [2.24, 2.45) is 0 Å². The van der Waals surface area contributed by atoms with Crippen LogP contribution in [0.25, 0.3) is 22.4 Å². The first-order chi connectivity index (χ1) is 12.2. The van der Waals surface area contributed by atoms with Crippen LogP contribution in [0.5, 0.6) is 0 Å². The van der Waals surface area contributed by atoms with Gasteiger partial charge in [-0.15, -0.1) is 16.4 Å². The molecular weight excluding hydrogens is 361 g/mol. The summed E-state index contributed by atoms with van der Waals surface area (Å²) >= 11 is 7.44. The number of halogens is 2. The van der Waals surface area contributed by atoms with Gasteiger partial charge in [0.1, 0.15) is 16.7 Å². The molecule has 1 aromatic carbocycles. The van der Waals surface area contributed by atoms with Gasteiger partial charge in [-0.05, 0) is 18.2 Å². The van der Waals surface area contributed by atoms with Gasteiger partial charge in [-0.1, -0.05) is 35.9 Å². The fraction of sp³-hybridized carbons (Fsp3) is 0.0588. The van der Waals surface area contributed by atoms with Crippen LogP contribution in [0.15, 0.2) is 54.0 Å². The third kappa shape index (κ3) is 3.29. The molecule has 5 nitrogen and oxygen atoms in total. The molecule has 0 aliphatic rings. The van der Waals surface area contributed by atoms with Gasteiger partial charge in [-0.2, -0.15) is 0 Å². The molecule has 25 heavy (non-hydrogen) atoms. The lowest BCUT2D eigenvalue weighted by Gasteiger charge is -2.06. The minimum Gasteiger partial charge on any atom is -0.241 e. The van der Waals surface area contributed by atoms with Crippen LogP contribution in [0.3, 0.4) is 0 Å². The predicted octanol–water partition coefficient (Wildman–Crippen LogP) is 4.30. The third-order valence-electron chi connectivity index (χ3n) is 3.52. The zero-order chi connectivity index (χ0) is 17.2. The standard InChI is InChI=1S/C17H11ClFN5S/c18-14-7-3-6-13(21-14)16-22-15(17-20-8-9-25-17)23-24(16)10-11-4-1-2-5-12(11)19/h1-9H,10H2. The van der Waals surface area contributed by atoms with Crippen LogP contribution in [-0.4, -0.2) is 24.7 Å². The zero-order valence-corrected chi connectivity index (χ0v) is 14.4. The van der Waals surface area contributed by atoms with Gasteiger partial charge in [0.2, 0.25) is 5.82 Å². The minimum atomic E-state index is -0.293. The summed E-state index contributed by atoms with van der Waals surface area (Å²) in [5, 5.41) is 7.40. The Morgan fingerprint density at radius 3 is 2.72 bits per heavy atom. The first kappa shape index (κ1) is 15.9. The van der Waals surface area contributed by atoms with Crippen molar-refractivity contribution in [3.05, 3.63) is 70.6 Å². The number of thiazole rings is 1. The van der Waals surface area contributed by atoms with E-state index in [9.17, 15) is 4.39 Å². The number of aromatic nitrogens is 5. The van der Waals surface area contributed by atoms with Crippen molar-refractivity contribution in [1.29, 1.82) is 0 Å². The summed E-state index contributed by atoms with van der Waals surface area (Å²) in [7, 11) is 0. The van der Waals surface area contributed by atoms with Gasteiger partial charge in [-0.3, -0.25) is 0 Å². The summed E-state index contributed by atoms with van der Waals surface area (Å²) in [6.07, 6.45) is 1.69. The quantitative estimate of drug-likeness (QED) is 0.502. The lowest BCUT2D eigenvalue weighted by atomic mass is 10.2. The number of hydrogen-bond donors (Lipinski definition) is 0. The average Bonchev–Trinajstić information content (AvgIpc) is 3.26. The lowest BCUT2D eigenvalue weighted by Crippen LogP contribution is -2.06. The monoisotopic (exact) mass is 371 g/mol. The molecule has 3 heterocycles. The topological polar surface area (TPSA) is 56.5 Å².